The maximum Gasteiger partial charge on any atom is 0.306 e. The van der Waals surface area contributed by atoms with E-state index in [9.17, 15) is 4.79 Å². The number of esters is 1. The second kappa shape index (κ2) is 8.71. The first-order valence-corrected chi connectivity index (χ1v) is 5.09. The average Bonchev–Trinajstić information content (AvgIpc) is 2.20. The molecule has 88 valence electrons. The number of methoxy groups -OCH3 is 2. The van der Waals surface area contributed by atoms with Crippen LogP contribution in [0.25, 0.3) is 0 Å². The van der Waals surface area contributed by atoms with Crippen LogP contribution in [0, 0.1) is 0 Å². The summed E-state index contributed by atoms with van der Waals surface area (Å²) in [5.41, 5.74) is 0. The maximum absolute atomic E-state index is 10.9. The smallest absolute Gasteiger partial charge is 0.306 e. The molecule has 0 aliphatic rings. The molecule has 0 aromatic heterocycles. The molecule has 4 nitrogen and oxygen atoms in total. The van der Waals surface area contributed by atoms with E-state index in [0.717, 1.165) is 6.54 Å². The Hall–Kier alpha value is -0.580. The molecule has 0 rings (SSSR count). The minimum Gasteiger partial charge on any atom is -0.469 e. The van der Waals surface area contributed by atoms with Gasteiger partial charge in [0, 0.05) is 31.8 Å². The number of ether oxygens (including phenoxy) is 2. The Morgan fingerprint density at radius 2 is 2.07 bits per heavy atom. The fourth-order valence-corrected chi connectivity index (χ4v) is 1.25. The van der Waals surface area contributed by atoms with Crippen LogP contribution < -0.4 is 0 Å². The van der Waals surface area contributed by atoms with Gasteiger partial charge in [0.05, 0.1) is 20.1 Å². The largest absolute Gasteiger partial charge is 0.469 e. The van der Waals surface area contributed by atoms with Gasteiger partial charge in [-0.1, -0.05) is 18.2 Å². The summed E-state index contributed by atoms with van der Waals surface area (Å²) in [6, 6.07) is 0. The highest BCUT2D eigenvalue weighted by molar-refractivity contribution is 6.29. The molecule has 0 N–H and O–H groups in total. The van der Waals surface area contributed by atoms with Gasteiger partial charge in [-0.15, -0.1) is 0 Å². The van der Waals surface area contributed by atoms with Crippen LogP contribution in [0.1, 0.15) is 6.42 Å². The van der Waals surface area contributed by atoms with E-state index in [1.54, 1.807) is 7.11 Å². The molecule has 15 heavy (non-hydrogen) atoms. The molecular weight excluding hydrogens is 218 g/mol. The third-order valence-electron chi connectivity index (χ3n) is 1.87. The molecule has 0 bridgehead atoms. The number of carbonyl (C=O) groups is 1. The van der Waals surface area contributed by atoms with Crippen LogP contribution in [0.5, 0.6) is 0 Å². The van der Waals surface area contributed by atoms with Crippen molar-refractivity contribution in [1.29, 1.82) is 0 Å². The van der Waals surface area contributed by atoms with E-state index in [1.165, 1.54) is 7.11 Å². The van der Waals surface area contributed by atoms with Crippen LogP contribution in [0.4, 0.5) is 0 Å². The van der Waals surface area contributed by atoms with Crippen molar-refractivity contribution in [1.82, 2.24) is 4.90 Å². The number of halogens is 1. The molecule has 0 heterocycles. The molecule has 0 saturated carbocycles. The Balaban J connectivity index is 3.88. The lowest BCUT2D eigenvalue weighted by atomic mass is 10.3. The summed E-state index contributed by atoms with van der Waals surface area (Å²) in [4.78, 5) is 12.9. The molecule has 0 amide bonds. The van der Waals surface area contributed by atoms with Gasteiger partial charge in [0.15, 0.2) is 0 Å². The van der Waals surface area contributed by atoms with Crippen LogP contribution >= 0.6 is 11.6 Å². The number of hydrogen-bond donors (Lipinski definition) is 0. The fourth-order valence-electron chi connectivity index (χ4n) is 1.08. The van der Waals surface area contributed by atoms with Crippen molar-refractivity contribution in [2.24, 2.45) is 0 Å². The monoisotopic (exact) mass is 235 g/mol. The third-order valence-corrected chi connectivity index (χ3v) is 1.99. The van der Waals surface area contributed by atoms with Crippen LogP contribution in [0.2, 0.25) is 0 Å². The zero-order chi connectivity index (χ0) is 11.7. The van der Waals surface area contributed by atoms with E-state index in [2.05, 4.69) is 11.3 Å². The summed E-state index contributed by atoms with van der Waals surface area (Å²) in [5.74, 6) is -0.224. The Morgan fingerprint density at radius 1 is 1.40 bits per heavy atom. The molecule has 0 atom stereocenters. The van der Waals surface area contributed by atoms with E-state index in [-0.39, 0.29) is 5.97 Å². The average molecular weight is 236 g/mol. The molecule has 0 aliphatic heterocycles. The SMILES string of the molecule is C=C(Cl)CN(CCOC)CCC(=O)OC. The van der Waals surface area contributed by atoms with E-state index in [4.69, 9.17) is 16.3 Å². The zero-order valence-electron chi connectivity index (χ0n) is 9.29. The normalized spacial score (nSPS) is 10.4. The lowest BCUT2D eigenvalue weighted by molar-refractivity contribution is -0.141. The molecule has 0 saturated heterocycles. The maximum atomic E-state index is 10.9. The van der Waals surface area contributed by atoms with Crippen molar-refractivity contribution in [3.63, 3.8) is 0 Å². The fraction of sp³-hybridized carbons (Fsp3) is 0.700. The predicted octanol–water partition coefficient (Wildman–Crippen LogP) is 1.25. The summed E-state index contributed by atoms with van der Waals surface area (Å²) >= 11 is 5.71. The van der Waals surface area contributed by atoms with Crippen molar-refractivity contribution >= 4 is 17.6 Å². The summed E-state index contributed by atoms with van der Waals surface area (Å²) in [6.07, 6.45) is 0.352. The van der Waals surface area contributed by atoms with Crippen molar-refractivity contribution in [2.45, 2.75) is 6.42 Å². The number of carbonyl (C=O) groups excluding carboxylic acids is 1. The third kappa shape index (κ3) is 8.42. The number of hydrogen-bond acceptors (Lipinski definition) is 4. The highest BCUT2D eigenvalue weighted by Gasteiger charge is 2.08. The second-order valence-electron chi connectivity index (χ2n) is 3.11. The Labute approximate surface area is 95.8 Å². The van der Waals surface area contributed by atoms with Crippen LogP contribution in [0.15, 0.2) is 11.6 Å². The van der Waals surface area contributed by atoms with Crippen LogP contribution in [-0.4, -0.2) is 51.3 Å². The molecule has 0 aromatic carbocycles. The van der Waals surface area contributed by atoms with Gasteiger partial charge < -0.3 is 9.47 Å². The van der Waals surface area contributed by atoms with E-state index < -0.39 is 0 Å². The number of nitrogens with zero attached hydrogens (tertiary/aromatic N) is 1. The Morgan fingerprint density at radius 3 is 2.53 bits per heavy atom. The molecule has 0 radical (unpaired) electrons. The lowest BCUT2D eigenvalue weighted by Crippen LogP contribution is -2.31. The first kappa shape index (κ1) is 14.4. The predicted molar refractivity (Wildman–Crippen MR) is 59.9 cm³/mol. The molecule has 0 fully saturated rings. The molecule has 5 heteroatoms. The first-order valence-electron chi connectivity index (χ1n) is 4.71. The molecule has 0 aliphatic carbocycles. The van der Waals surface area contributed by atoms with Crippen LogP contribution in [-0.2, 0) is 14.3 Å². The number of rotatable bonds is 8. The highest BCUT2D eigenvalue weighted by Crippen LogP contribution is 2.02. The summed E-state index contributed by atoms with van der Waals surface area (Å²) in [6.45, 7) is 6.10. The quantitative estimate of drug-likeness (QED) is 0.594. The van der Waals surface area contributed by atoms with Gasteiger partial charge in [-0.25, -0.2) is 0 Å². The molecular formula is C10H18ClNO3. The summed E-state index contributed by atoms with van der Waals surface area (Å²) in [7, 11) is 3.01. The van der Waals surface area contributed by atoms with Crippen molar-refractivity contribution in [3.05, 3.63) is 11.6 Å². The molecule has 0 aromatic rings. The summed E-state index contributed by atoms with van der Waals surface area (Å²) < 4.78 is 9.51. The Bertz CT molecular complexity index is 209. The van der Waals surface area contributed by atoms with Gasteiger partial charge in [0.25, 0.3) is 0 Å². The second-order valence-corrected chi connectivity index (χ2v) is 3.65. The van der Waals surface area contributed by atoms with Crippen molar-refractivity contribution in [2.75, 3.05) is 40.5 Å². The van der Waals surface area contributed by atoms with Gasteiger partial charge in [-0.3, -0.25) is 9.69 Å². The van der Waals surface area contributed by atoms with Gasteiger partial charge in [-0.2, -0.15) is 0 Å². The minimum atomic E-state index is -0.224. The minimum absolute atomic E-state index is 0.224. The molecule has 0 spiro atoms. The zero-order valence-corrected chi connectivity index (χ0v) is 10.0. The van der Waals surface area contributed by atoms with Gasteiger partial charge in [0.2, 0.25) is 0 Å². The topological polar surface area (TPSA) is 38.8 Å². The van der Waals surface area contributed by atoms with E-state index in [0.29, 0.717) is 31.1 Å². The standard InChI is InChI=1S/C10H18ClNO3/c1-9(11)8-12(6-7-14-2)5-4-10(13)15-3/h1,4-8H2,2-3H3. The van der Waals surface area contributed by atoms with Crippen LogP contribution in [0.3, 0.4) is 0 Å². The highest BCUT2D eigenvalue weighted by atomic mass is 35.5. The van der Waals surface area contributed by atoms with Gasteiger partial charge in [0.1, 0.15) is 0 Å². The van der Waals surface area contributed by atoms with Gasteiger partial charge in [-0.05, 0) is 0 Å². The van der Waals surface area contributed by atoms with E-state index >= 15 is 0 Å². The van der Waals surface area contributed by atoms with Gasteiger partial charge >= 0.3 is 5.97 Å². The lowest BCUT2D eigenvalue weighted by Gasteiger charge is -2.20. The summed E-state index contributed by atoms with van der Waals surface area (Å²) in [5, 5.41) is 0.552. The Kier molecular flexibility index (Phi) is 8.37. The molecule has 0 unspecified atom stereocenters. The van der Waals surface area contributed by atoms with E-state index in [1.807, 2.05) is 4.90 Å². The first-order chi connectivity index (χ1) is 7.10. The van der Waals surface area contributed by atoms with Crippen molar-refractivity contribution in [3.8, 4) is 0 Å². The van der Waals surface area contributed by atoms with Crippen molar-refractivity contribution < 1.29 is 14.3 Å².